The fraction of sp³-hybridized carbons (Fsp3) is 0.222. The van der Waals surface area contributed by atoms with Crippen molar-refractivity contribution >= 4 is 6.01 Å². The van der Waals surface area contributed by atoms with Gasteiger partial charge in [0.2, 0.25) is 5.82 Å². The van der Waals surface area contributed by atoms with Crippen LogP contribution in [0.4, 0.5) is 6.01 Å². The molecule has 1 N–H and O–H groups in total. The van der Waals surface area contributed by atoms with Gasteiger partial charge in [-0.1, -0.05) is 65.8 Å². The summed E-state index contributed by atoms with van der Waals surface area (Å²) in [5.74, 6) is 0.603. The highest BCUT2D eigenvalue weighted by molar-refractivity contribution is 5.54. The fourth-order valence-electron chi connectivity index (χ4n) is 2.33. The van der Waals surface area contributed by atoms with Gasteiger partial charge in [-0.2, -0.15) is 4.98 Å². The molecule has 0 bridgehead atoms. The van der Waals surface area contributed by atoms with Crippen molar-refractivity contribution in [3.05, 3.63) is 66.2 Å². The fourth-order valence-corrected chi connectivity index (χ4v) is 2.33. The highest BCUT2D eigenvalue weighted by Gasteiger charge is 2.07. The van der Waals surface area contributed by atoms with Crippen molar-refractivity contribution in [2.75, 3.05) is 25.5 Å². The summed E-state index contributed by atoms with van der Waals surface area (Å²) < 4.78 is 5.23. The summed E-state index contributed by atoms with van der Waals surface area (Å²) in [6.45, 7) is 2.55. The topological polar surface area (TPSA) is 54.2 Å². The molecule has 118 valence electrons. The van der Waals surface area contributed by atoms with Crippen LogP contribution in [-0.2, 0) is 6.54 Å². The Hall–Kier alpha value is -2.66. The zero-order valence-corrected chi connectivity index (χ0v) is 13.1. The van der Waals surface area contributed by atoms with Crippen LogP contribution in [0.25, 0.3) is 11.4 Å². The van der Waals surface area contributed by atoms with Crippen LogP contribution in [0.3, 0.4) is 0 Å². The van der Waals surface area contributed by atoms with Gasteiger partial charge in [0.15, 0.2) is 0 Å². The second kappa shape index (κ2) is 7.56. The van der Waals surface area contributed by atoms with Crippen molar-refractivity contribution < 1.29 is 4.52 Å². The predicted octanol–water partition coefficient (Wildman–Crippen LogP) is 3.28. The minimum atomic E-state index is 0.456. The van der Waals surface area contributed by atoms with Gasteiger partial charge in [0.05, 0.1) is 0 Å². The highest BCUT2D eigenvalue weighted by Crippen LogP contribution is 2.16. The summed E-state index contributed by atoms with van der Waals surface area (Å²) >= 11 is 0. The van der Waals surface area contributed by atoms with Gasteiger partial charge in [-0.05, 0) is 12.6 Å². The van der Waals surface area contributed by atoms with E-state index in [9.17, 15) is 0 Å². The normalized spacial score (nSPS) is 10.9. The molecule has 0 saturated heterocycles. The summed E-state index contributed by atoms with van der Waals surface area (Å²) in [6, 6.07) is 20.7. The summed E-state index contributed by atoms with van der Waals surface area (Å²) in [5, 5.41) is 7.16. The van der Waals surface area contributed by atoms with Crippen molar-refractivity contribution in [3.63, 3.8) is 0 Å². The van der Waals surface area contributed by atoms with Crippen LogP contribution in [0.2, 0.25) is 0 Å². The molecule has 1 aromatic heterocycles. The van der Waals surface area contributed by atoms with E-state index in [-0.39, 0.29) is 0 Å². The van der Waals surface area contributed by atoms with Crippen molar-refractivity contribution in [1.82, 2.24) is 15.0 Å². The molecule has 0 saturated carbocycles. The van der Waals surface area contributed by atoms with Crippen LogP contribution in [-0.4, -0.2) is 35.2 Å². The number of aromatic nitrogens is 2. The maximum atomic E-state index is 5.23. The monoisotopic (exact) mass is 308 g/mol. The van der Waals surface area contributed by atoms with Gasteiger partial charge in [-0.25, -0.2) is 0 Å². The summed E-state index contributed by atoms with van der Waals surface area (Å²) in [6.07, 6.45) is 0. The SMILES string of the molecule is CN(CCNc1nc(-c2ccccc2)no1)Cc1ccccc1. The first-order valence-corrected chi connectivity index (χ1v) is 7.67. The molecule has 0 aliphatic rings. The third-order valence-electron chi connectivity index (χ3n) is 3.52. The van der Waals surface area contributed by atoms with Crippen molar-refractivity contribution in [3.8, 4) is 11.4 Å². The summed E-state index contributed by atoms with van der Waals surface area (Å²) in [5.41, 5.74) is 2.25. The molecular weight excluding hydrogens is 288 g/mol. The van der Waals surface area contributed by atoms with Crippen molar-refractivity contribution in [2.24, 2.45) is 0 Å². The molecule has 0 atom stereocenters. The molecule has 1 heterocycles. The zero-order valence-electron chi connectivity index (χ0n) is 13.1. The van der Waals surface area contributed by atoms with Crippen LogP contribution in [0, 0.1) is 0 Å². The minimum absolute atomic E-state index is 0.456. The second-order valence-electron chi connectivity index (χ2n) is 5.44. The molecule has 23 heavy (non-hydrogen) atoms. The van der Waals surface area contributed by atoms with Crippen LogP contribution >= 0.6 is 0 Å². The first kappa shape index (κ1) is 15.2. The van der Waals surface area contributed by atoms with Crippen molar-refractivity contribution in [2.45, 2.75) is 6.54 Å². The predicted molar refractivity (Wildman–Crippen MR) is 91.0 cm³/mol. The molecule has 0 amide bonds. The average molecular weight is 308 g/mol. The van der Waals surface area contributed by atoms with Crippen LogP contribution < -0.4 is 5.32 Å². The van der Waals surface area contributed by atoms with E-state index >= 15 is 0 Å². The maximum absolute atomic E-state index is 5.23. The third-order valence-corrected chi connectivity index (χ3v) is 3.52. The lowest BCUT2D eigenvalue weighted by Gasteiger charge is -2.16. The smallest absolute Gasteiger partial charge is 0.321 e. The number of hydrogen-bond donors (Lipinski definition) is 1. The first-order chi connectivity index (χ1) is 11.3. The molecule has 3 rings (SSSR count). The standard InChI is InChI=1S/C18H20N4O/c1-22(14-15-8-4-2-5-9-15)13-12-19-18-20-17(21-23-18)16-10-6-3-7-11-16/h2-11H,12-14H2,1H3,(H,19,20,21). The van der Waals surface area contributed by atoms with Gasteiger partial charge in [0.25, 0.3) is 0 Å². The van der Waals surface area contributed by atoms with Gasteiger partial charge in [-0.15, -0.1) is 0 Å². The number of anilines is 1. The molecule has 0 radical (unpaired) electrons. The molecule has 5 heteroatoms. The van der Waals surface area contributed by atoms with Gasteiger partial charge in [0, 0.05) is 25.2 Å². The molecule has 0 fully saturated rings. The van der Waals surface area contributed by atoms with E-state index in [2.05, 4.69) is 51.7 Å². The molecule has 0 aliphatic carbocycles. The first-order valence-electron chi connectivity index (χ1n) is 7.67. The Labute approximate surface area is 136 Å². The Kier molecular flexibility index (Phi) is 5.01. The molecule has 0 unspecified atom stereocenters. The van der Waals surface area contributed by atoms with Crippen molar-refractivity contribution in [1.29, 1.82) is 0 Å². The molecule has 3 aromatic rings. The lowest BCUT2D eigenvalue weighted by Crippen LogP contribution is -2.24. The molecule has 2 aromatic carbocycles. The number of likely N-dealkylation sites (N-methyl/N-ethyl adjacent to an activating group) is 1. The number of nitrogens with one attached hydrogen (secondary N) is 1. The van der Waals surface area contributed by atoms with Crippen LogP contribution in [0.15, 0.2) is 65.2 Å². The van der Waals surface area contributed by atoms with E-state index in [4.69, 9.17) is 4.52 Å². The van der Waals surface area contributed by atoms with Gasteiger partial charge >= 0.3 is 6.01 Å². The number of hydrogen-bond acceptors (Lipinski definition) is 5. The van der Waals surface area contributed by atoms with E-state index in [1.807, 2.05) is 36.4 Å². The second-order valence-corrected chi connectivity index (χ2v) is 5.44. The lowest BCUT2D eigenvalue weighted by molar-refractivity contribution is 0.337. The van der Waals surface area contributed by atoms with E-state index in [0.29, 0.717) is 11.8 Å². The van der Waals surface area contributed by atoms with Crippen LogP contribution in [0.1, 0.15) is 5.56 Å². The Morgan fingerprint density at radius 1 is 1.00 bits per heavy atom. The average Bonchev–Trinajstić information content (AvgIpc) is 3.05. The van der Waals surface area contributed by atoms with E-state index in [1.54, 1.807) is 0 Å². The van der Waals surface area contributed by atoms with E-state index < -0.39 is 0 Å². The highest BCUT2D eigenvalue weighted by atomic mass is 16.5. The number of benzene rings is 2. The largest absolute Gasteiger partial charge is 0.336 e. The Balaban J connectivity index is 1.47. The lowest BCUT2D eigenvalue weighted by atomic mass is 10.2. The summed E-state index contributed by atoms with van der Waals surface area (Å²) in [4.78, 5) is 6.60. The Morgan fingerprint density at radius 2 is 1.70 bits per heavy atom. The van der Waals surface area contributed by atoms with Gasteiger partial charge in [0.1, 0.15) is 0 Å². The number of rotatable bonds is 7. The van der Waals surface area contributed by atoms with E-state index in [0.717, 1.165) is 25.2 Å². The molecule has 0 aliphatic heterocycles. The number of nitrogens with zero attached hydrogens (tertiary/aromatic N) is 3. The third kappa shape index (κ3) is 4.40. The molecule has 5 nitrogen and oxygen atoms in total. The molecular formula is C18H20N4O. The van der Waals surface area contributed by atoms with Crippen LogP contribution in [0.5, 0.6) is 0 Å². The van der Waals surface area contributed by atoms with Gasteiger partial charge < -0.3 is 14.7 Å². The minimum Gasteiger partial charge on any atom is -0.336 e. The quantitative estimate of drug-likeness (QED) is 0.726. The summed E-state index contributed by atoms with van der Waals surface area (Å²) in [7, 11) is 2.10. The molecule has 0 spiro atoms. The maximum Gasteiger partial charge on any atom is 0.321 e. The van der Waals surface area contributed by atoms with E-state index in [1.165, 1.54) is 5.56 Å². The Morgan fingerprint density at radius 3 is 2.43 bits per heavy atom. The Bertz CT molecular complexity index is 712. The van der Waals surface area contributed by atoms with Gasteiger partial charge in [-0.3, -0.25) is 0 Å². The zero-order chi connectivity index (χ0) is 15.9.